The molecule has 0 aliphatic heterocycles. The number of anilines is 2. The molecule has 0 radical (unpaired) electrons. The zero-order chi connectivity index (χ0) is 15.0. The average Bonchev–Trinajstić information content (AvgIpc) is 2.82. The lowest BCUT2D eigenvalue weighted by Crippen LogP contribution is -2.13. The predicted molar refractivity (Wildman–Crippen MR) is 76.1 cm³/mol. The minimum Gasteiger partial charge on any atom is -0.396 e. The molecule has 0 spiro atoms. The molecule has 0 aliphatic carbocycles. The van der Waals surface area contributed by atoms with Crippen molar-refractivity contribution in [3.63, 3.8) is 0 Å². The van der Waals surface area contributed by atoms with Crippen LogP contribution in [0.25, 0.3) is 10.3 Å². The van der Waals surface area contributed by atoms with Crippen molar-refractivity contribution < 1.29 is 13.6 Å². The van der Waals surface area contributed by atoms with E-state index < -0.39 is 17.5 Å². The highest BCUT2D eigenvalue weighted by Crippen LogP contribution is 2.31. The lowest BCUT2D eigenvalue weighted by atomic mass is 10.2. The maximum Gasteiger partial charge on any atom is 0.268 e. The Kier molecular flexibility index (Phi) is 3.22. The largest absolute Gasteiger partial charge is 0.396 e. The molecule has 0 atom stereocenters. The standard InChI is InChI=1S/C13H8F2N4OS/c14-6-2-1-3-7(8(6)15)19-12(20)11-9(16)10-13(21-11)18-5-4-17-10/h1-5H,16H2,(H,19,20). The molecule has 21 heavy (non-hydrogen) atoms. The van der Waals surface area contributed by atoms with Crippen LogP contribution in [0.15, 0.2) is 30.6 Å². The highest BCUT2D eigenvalue weighted by Gasteiger charge is 2.19. The third kappa shape index (κ3) is 2.29. The highest BCUT2D eigenvalue weighted by molar-refractivity contribution is 7.21. The minimum atomic E-state index is -1.12. The Morgan fingerprint density at radius 2 is 2.00 bits per heavy atom. The van der Waals surface area contributed by atoms with Gasteiger partial charge in [0.05, 0.1) is 11.4 Å². The molecular weight excluding hydrogens is 298 g/mol. The average molecular weight is 306 g/mol. The van der Waals surface area contributed by atoms with Crippen molar-refractivity contribution in [3.05, 3.63) is 47.1 Å². The van der Waals surface area contributed by atoms with E-state index in [1.807, 2.05) is 0 Å². The fraction of sp³-hybridized carbons (Fsp3) is 0. The summed E-state index contributed by atoms with van der Waals surface area (Å²) < 4.78 is 26.7. The van der Waals surface area contributed by atoms with Crippen LogP contribution in [0.2, 0.25) is 0 Å². The van der Waals surface area contributed by atoms with Crippen LogP contribution in [-0.2, 0) is 0 Å². The summed E-state index contributed by atoms with van der Waals surface area (Å²) in [7, 11) is 0. The van der Waals surface area contributed by atoms with Crippen LogP contribution in [0, 0.1) is 11.6 Å². The SMILES string of the molecule is Nc1c(C(=O)Nc2cccc(F)c2F)sc2nccnc12. The third-order valence-electron chi connectivity index (χ3n) is 2.77. The molecule has 5 nitrogen and oxygen atoms in total. The normalized spacial score (nSPS) is 10.8. The van der Waals surface area contributed by atoms with E-state index >= 15 is 0 Å². The number of carbonyl (C=O) groups is 1. The molecule has 0 saturated heterocycles. The topological polar surface area (TPSA) is 80.9 Å². The third-order valence-corrected chi connectivity index (χ3v) is 3.87. The fourth-order valence-corrected chi connectivity index (χ4v) is 2.71. The molecular formula is C13H8F2N4OS. The van der Waals surface area contributed by atoms with Crippen molar-refractivity contribution in [1.82, 2.24) is 9.97 Å². The summed E-state index contributed by atoms with van der Waals surface area (Å²) in [6, 6.07) is 3.52. The van der Waals surface area contributed by atoms with Crippen molar-refractivity contribution in [2.75, 3.05) is 11.1 Å². The van der Waals surface area contributed by atoms with Gasteiger partial charge in [-0.3, -0.25) is 4.79 Å². The van der Waals surface area contributed by atoms with Gasteiger partial charge in [0.15, 0.2) is 11.6 Å². The summed E-state index contributed by atoms with van der Waals surface area (Å²) >= 11 is 1.03. The molecule has 0 saturated carbocycles. The van der Waals surface area contributed by atoms with Crippen LogP contribution < -0.4 is 11.1 Å². The Labute approximate surface area is 121 Å². The Balaban J connectivity index is 1.97. The van der Waals surface area contributed by atoms with Gasteiger partial charge in [0.1, 0.15) is 15.2 Å². The summed E-state index contributed by atoms with van der Waals surface area (Å²) in [6.07, 6.45) is 2.94. The van der Waals surface area contributed by atoms with Crippen LogP contribution in [0.1, 0.15) is 9.67 Å². The maximum absolute atomic E-state index is 13.5. The zero-order valence-electron chi connectivity index (χ0n) is 10.4. The summed E-state index contributed by atoms with van der Waals surface area (Å²) in [6.45, 7) is 0. The lowest BCUT2D eigenvalue weighted by molar-refractivity contribution is 0.103. The van der Waals surface area contributed by atoms with Gasteiger partial charge in [0.25, 0.3) is 5.91 Å². The number of carbonyl (C=O) groups excluding carboxylic acids is 1. The molecule has 1 amide bonds. The number of aromatic nitrogens is 2. The first kappa shape index (κ1) is 13.4. The van der Waals surface area contributed by atoms with Gasteiger partial charge in [0.2, 0.25) is 0 Å². The minimum absolute atomic E-state index is 0.153. The Hall–Kier alpha value is -2.61. The van der Waals surface area contributed by atoms with Crippen LogP contribution in [0.3, 0.4) is 0 Å². The van der Waals surface area contributed by atoms with Gasteiger partial charge in [0, 0.05) is 12.4 Å². The quantitative estimate of drug-likeness (QED) is 0.763. The van der Waals surface area contributed by atoms with Crippen molar-refractivity contribution in [3.8, 4) is 0 Å². The number of rotatable bonds is 2. The smallest absolute Gasteiger partial charge is 0.268 e. The molecule has 0 unspecified atom stereocenters. The maximum atomic E-state index is 13.5. The van der Waals surface area contributed by atoms with Crippen molar-refractivity contribution in [2.24, 2.45) is 0 Å². The number of hydrogen-bond donors (Lipinski definition) is 2. The summed E-state index contributed by atoms with van der Waals surface area (Å²) in [5.41, 5.74) is 6.16. The molecule has 2 heterocycles. The van der Waals surface area contributed by atoms with E-state index in [1.165, 1.54) is 24.5 Å². The number of nitrogens with two attached hydrogens (primary N) is 1. The van der Waals surface area contributed by atoms with E-state index in [4.69, 9.17) is 5.73 Å². The van der Waals surface area contributed by atoms with E-state index in [-0.39, 0.29) is 16.3 Å². The van der Waals surface area contributed by atoms with Crippen molar-refractivity contribution >= 4 is 39.0 Å². The highest BCUT2D eigenvalue weighted by atomic mass is 32.1. The summed E-state index contributed by atoms with van der Waals surface area (Å²) in [5, 5.41) is 2.29. The van der Waals surface area contributed by atoms with E-state index in [0.29, 0.717) is 10.3 Å². The van der Waals surface area contributed by atoms with E-state index in [0.717, 1.165) is 17.4 Å². The monoisotopic (exact) mass is 306 g/mol. The number of fused-ring (bicyclic) bond motifs is 1. The number of nitrogens with zero attached hydrogens (tertiary/aromatic N) is 2. The summed E-state index contributed by atoms with van der Waals surface area (Å²) in [4.78, 5) is 20.9. The first-order valence-corrected chi connectivity index (χ1v) is 6.64. The number of nitrogens with one attached hydrogen (secondary N) is 1. The molecule has 3 aromatic rings. The number of hydrogen-bond acceptors (Lipinski definition) is 5. The van der Waals surface area contributed by atoms with Gasteiger partial charge in [-0.2, -0.15) is 0 Å². The van der Waals surface area contributed by atoms with E-state index in [9.17, 15) is 13.6 Å². The molecule has 3 N–H and O–H groups in total. The first-order valence-electron chi connectivity index (χ1n) is 5.82. The number of benzene rings is 1. The van der Waals surface area contributed by atoms with E-state index in [1.54, 1.807) is 0 Å². The number of thiophene rings is 1. The number of nitrogen functional groups attached to an aromatic ring is 1. The molecule has 0 fully saturated rings. The molecule has 0 aliphatic rings. The number of amides is 1. The van der Waals surface area contributed by atoms with Crippen LogP contribution in [0.5, 0.6) is 0 Å². The lowest BCUT2D eigenvalue weighted by Gasteiger charge is -2.05. The molecule has 2 aromatic heterocycles. The fourth-order valence-electron chi connectivity index (χ4n) is 1.79. The van der Waals surface area contributed by atoms with Gasteiger partial charge >= 0.3 is 0 Å². The molecule has 106 valence electrons. The second kappa shape index (κ2) is 5.06. The van der Waals surface area contributed by atoms with Crippen molar-refractivity contribution in [1.29, 1.82) is 0 Å². The van der Waals surface area contributed by atoms with Crippen LogP contribution >= 0.6 is 11.3 Å². The van der Waals surface area contributed by atoms with Gasteiger partial charge in [-0.15, -0.1) is 11.3 Å². The van der Waals surface area contributed by atoms with Gasteiger partial charge in [-0.1, -0.05) is 6.07 Å². The van der Waals surface area contributed by atoms with E-state index in [2.05, 4.69) is 15.3 Å². The zero-order valence-corrected chi connectivity index (χ0v) is 11.2. The number of halogens is 2. The Morgan fingerprint density at radius 3 is 2.76 bits per heavy atom. The second-order valence-electron chi connectivity index (χ2n) is 4.11. The first-order chi connectivity index (χ1) is 10.1. The second-order valence-corrected chi connectivity index (χ2v) is 5.11. The van der Waals surface area contributed by atoms with Gasteiger partial charge < -0.3 is 11.1 Å². The van der Waals surface area contributed by atoms with Crippen LogP contribution in [0.4, 0.5) is 20.2 Å². The Bertz CT molecular complexity index is 849. The molecule has 8 heteroatoms. The Morgan fingerprint density at radius 1 is 1.24 bits per heavy atom. The van der Waals surface area contributed by atoms with Gasteiger partial charge in [-0.05, 0) is 12.1 Å². The predicted octanol–water partition coefficient (Wildman–Crippen LogP) is 2.80. The molecule has 1 aromatic carbocycles. The van der Waals surface area contributed by atoms with Crippen LogP contribution in [-0.4, -0.2) is 15.9 Å². The molecule has 0 bridgehead atoms. The van der Waals surface area contributed by atoms with Crippen molar-refractivity contribution in [2.45, 2.75) is 0 Å². The van der Waals surface area contributed by atoms with Gasteiger partial charge in [-0.25, -0.2) is 18.7 Å². The summed E-state index contributed by atoms with van der Waals surface area (Å²) in [5.74, 6) is -2.80. The molecule has 3 rings (SSSR count).